The molecule has 1 fully saturated rings. The molecule has 72 valence electrons. The van der Waals surface area contributed by atoms with Crippen LogP contribution in [0.1, 0.15) is 13.8 Å². The van der Waals surface area contributed by atoms with Crippen molar-refractivity contribution in [2.24, 2.45) is 5.92 Å². The highest BCUT2D eigenvalue weighted by Crippen LogP contribution is 2.24. The molecule has 4 heteroatoms. The van der Waals surface area contributed by atoms with Gasteiger partial charge in [-0.1, -0.05) is 13.5 Å². The molecule has 1 heterocycles. The number of carbonyl (C=O) groups is 2. The summed E-state index contributed by atoms with van der Waals surface area (Å²) in [6.07, 6.45) is 0.0545. The quantitative estimate of drug-likeness (QED) is 0.467. The van der Waals surface area contributed by atoms with Gasteiger partial charge in [-0.25, -0.2) is 9.59 Å². The Morgan fingerprint density at radius 1 is 1.62 bits per heavy atom. The molecule has 0 amide bonds. The van der Waals surface area contributed by atoms with Crippen LogP contribution in [-0.2, 0) is 19.1 Å². The Morgan fingerprint density at radius 3 is 2.62 bits per heavy atom. The molecule has 13 heavy (non-hydrogen) atoms. The first kappa shape index (κ1) is 9.77. The maximum absolute atomic E-state index is 11.1. The molecule has 1 saturated heterocycles. The number of ether oxygens (including phenoxy) is 2. The molecule has 0 aromatic carbocycles. The van der Waals surface area contributed by atoms with Gasteiger partial charge in [0.15, 0.2) is 0 Å². The topological polar surface area (TPSA) is 52.6 Å². The predicted molar refractivity (Wildman–Crippen MR) is 44.8 cm³/mol. The van der Waals surface area contributed by atoms with Crippen molar-refractivity contribution in [3.05, 3.63) is 12.7 Å². The lowest BCUT2D eigenvalue weighted by Gasteiger charge is -2.11. The summed E-state index contributed by atoms with van der Waals surface area (Å²) in [5.41, 5.74) is 0. The second-order valence-corrected chi connectivity index (χ2v) is 3.06. The maximum atomic E-state index is 11.1. The Balaban J connectivity index is 2.63. The highest BCUT2D eigenvalue weighted by atomic mass is 16.6. The number of hydrogen-bond donors (Lipinski definition) is 0. The molecule has 0 saturated carbocycles. The second kappa shape index (κ2) is 3.60. The van der Waals surface area contributed by atoms with Crippen LogP contribution >= 0.6 is 0 Å². The second-order valence-electron chi connectivity index (χ2n) is 3.06. The molecule has 1 aliphatic rings. The van der Waals surface area contributed by atoms with E-state index in [2.05, 4.69) is 6.58 Å². The third-order valence-electron chi connectivity index (χ3n) is 2.16. The average molecular weight is 184 g/mol. The van der Waals surface area contributed by atoms with Crippen LogP contribution in [-0.4, -0.2) is 24.1 Å². The lowest BCUT2D eigenvalue weighted by Crippen LogP contribution is -2.27. The average Bonchev–Trinajstić information content (AvgIpc) is 2.32. The third-order valence-corrected chi connectivity index (χ3v) is 2.16. The first-order chi connectivity index (χ1) is 6.06. The van der Waals surface area contributed by atoms with Gasteiger partial charge >= 0.3 is 11.9 Å². The molecule has 4 nitrogen and oxygen atoms in total. The van der Waals surface area contributed by atoms with E-state index in [1.54, 1.807) is 13.8 Å². The van der Waals surface area contributed by atoms with Crippen LogP contribution in [0.4, 0.5) is 0 Å². The Morgan fingerprint density at radius 2 is 2.23 bits per heavy atom. The van der Waals surface area contributed by atoms with Gasteiger partial charge in [0, 0.05) is 12.0 Å². The van der Waals surface area contributed by atoms with E-state index in [4.69, 9.17) is 9.47 Å². The van der Waals surface area contributed by atoms with Gasteiger partial charge in [0.1, 0.15) is 6.10 Å². The Bertz CT molecular complexity index is 246. The fraction of sp³-hybridized carbons (Fsp3) is 0.556. The van der Waals surface area contributed by atoms with Gasteiger partial charge < -0.3 is 9.47 Å². The normalized spacial score (nSPS) is 32.5. The third kappa shape index (κ3) is 1.88. The van der Waals surface area contributed by atoms with Crippen molar-refractivity contribution in [1.82, 2.24) is 0 Å². The van der Waals surface area contributed by atoms with Crippen LogP contribution in [0.15, 0.2) is 12.7 Å². The first-order valence-electron chi connectivity index (χ1n) is 4.09. The minimum absolute atomic E-state index is 0.101. The zero-order chi connectivity index (χ0) is 10.0. The Hall–Kier alpha value is -1.32. The van der Waals surface area contributed by atoms with Crippen molar-refractivity contribution in [3.8, 4) is 0 Å². The van der Waals surface area contributed by atoms with E-state index >= 15 is 0 Å². The fourth-order valence-corrected chi connectivity index (χ4v) is 1.15. The standard InChI is InChI=1S/C9H12O4/c1-4-7(10)13-8-5(2)6(3)12-9(8)11/h4-6,8H,1H2,2-3H3. The van der Waals surface area contributed by atoms with E-state index in [9.17, 15) is 9.59 Å². The largest absolute Gasteiger partial charge is 0.459 e. The number of hydrogen-bond acceptors (Lipinski definition) is 4. The van der Waals surface area contributed by atoms with Crippen LogP contribution in [0.2, 0.25) is 0 Å². The van der Waals surface area contributed by atoms with Gasteiger partial charge in [-0.15, -0.1) is 0 Å². The van der Waals surface area contributed by atoms with Crippen molar-refractivity contribution in [2.75, 3.05) is 0 Å². The lowest BCUT2D eigenvalue weighted by atomic mass is 10.0. The van der Waals surface area contributed by atoms with Crippen LogP contribution in [0.5, 0.6) is 0 Å². The van der Waals surface area contributed by atoms with Gasteiger partial charge in [0.25, 0.3) is 0 Å². The molecule has 0 spiro atoms. The van der Waals surface area contributed by atoms with Crippen LogP contribution < -0.4 is 0 Å². The summed E-state index contributed by atoms with van der Waals surface area (Å²) in [4.78, 5) is 21.9. The van der Waals surface area contributed by atoms with Gasteiger partial charge in [-0.3, -0.25) is 0 Å². The smallest absolute Gasteiger partial charge is 0.348 e. The van der Waals surface area contributed by atoms with E-state index in [0.717, 1.165) is 6.08 Å². The summed E-state index contributed by atoms with van der Waals surface area (Å²) in [5, 5.41) is 0. The van der Waals surface area contributed by atoms with E-state index in [1.165, 1.54) is 0 Å². The van der Waals surface area contributed by atoms with E-state index in [1.807, 2.05) is 0 Å². The highest BCUT2D eigenvalue weighted by Gasteiger charge is 2.41. The van der Waals surface area contributed by atoms with Crippen LogP contribution in [0.25, 0.3) is 0 Å². The number of carbonyl (C=O) groups excluding carboxylic acids is 2. The molecule has 1 aliphatic heterocycles. The fourth-order valence-electron chi connectivity index (χ4n) is 1.15. The minimum Gasteiger partial charge on any atom is -0.459 e. The van der Waals surface area contributed by atoms with Crippen molar-refractivity contribution in [3.63, 3.8) is 0 Å². The van der Waals surface area contributed by atoms with Gasteiger partial charge in [0.05, 0.1) is 0 Å². The number of rotatable bonds is 2. The van der Waals surface area contributed by atoms with Gasteiger partial charge in [0.2, 0.25) is 6.10 Å². The molecule has 0 aromatic heterocycles. The first-order valence-corrected chi connectivity index (χ1v) is 4.09. The van der Waals surface area contributed by atoms with Crippen LogP contribution in [0.3, 0.4) is 0 Å². The molecular formula is C9H12O4. The summed E-state index contributed by atoms with van der Waals surface area (Å²) in [7, 11) is 0. The van der Waals surface area contributed by atoms with Crippen LogP contribution in [0, 0.1) is 5.92 Å². The van der Waals surface area contributed by atoms with Crippen molar-refractivity contribution in [1.29, 1.82) is 0 Å². The van der Waals surface area contributed by atoms with Crippen molar-refractivity contribution >= 4 is 11.9 Å². The number of cyclic esters (lactones) is 1. The minimum atomic E-state index is -0.777. The zero-order valence-corrected chi connectivity index (χ0v) is 7.65. The molecule has 3 atom stereocenters. The SMILES string of the molecule is C=CC(=O)OC1C(=O)OC(C)C1C. The highest BCUT2D eigenvalue weighted by molar-refractivity contribution is 5.86. The van der Waals surface area contributed by atoms with E-state index in [-0.39, 0.29) is 12.0 Å². The Kier molecular flexibility index (Phi) is 2.70. The molecule has 0 aromatic rings. The molecular weight excluding hydrogens is 172 g/mol. The van der Waals surface area contributed by atoms with E-state index in [0.29, 0.717) is 0 Å². The Labute approximate surface area is 76.5 Å². The summed E-state index contributed by atoms with van der Waals surface area (Å²) in [5.74, 6) is -1.17. The molecule has 3 unspecified atom stereocenters. The van der Waals surface area contributed by atoms with Gasteiger partial charge in [-0.05, 0) is 6.92 Å². The molecule has 0 bridgehead atoms. The molecule has 0 radical (unpaired) electrons. The summed E-state index contributed by atoms with van der Waals surface area (Å²) in [6.45, 7) is 6.82. The molecule has 1 rings (SSSR count). The monoisotopic (exact) mass is 184 g/mol. The maximum Gasteiger partial charge on any atom is 0.348 e. The van der Waals surface area contributed by atoms with Crippen molar-refractivity contribution in [2.45, 2.75) is 26.1 Å². The zero-order valence-electron chi connectivity index (χ0n) is 7.65. The molecule has 0 aliphatic carbocycles. The van der Waals surface area contributed by atoms with Gasteiger partial charge in [-0.2, -0.15) is 0 Å². The molecule has 0 N–H and O–H groups in total. The van der Waals surface area contributed by atoms with E-state index < -0.39 is 18.0 Å². The predicted octanol–water partition coefficient (Wildman–Crippen LogP) is 0.666. The summed E-state index contributed by atoms with van der Waals surface area (Å²) < 4.78 is 9.70. The number of esters is 2. The lowest BCUT2D eigenvalue weighted by molar-refractivity contribution is -0.158. The summed E-state index contributed by atoms with van der Waals surface area (Å²) in [6, 6.07) is 0. The summed E-state index contributed by atoms with van der Waals surface area (Å²) >= 11 is 0. The van der Waals surface area contributed by atoms with Crippen molar-refractivity contribution < 1.29 is 19.1 Å².